The van der Waals surface area contributed by atoms with Crippen molar-refractivity contribution in [1.82, 2.24) is 20.1 Å². The lowest BCUT2D eigenvalue weighted by atomic mass is 10.1. The smallest absolute Gasteiger partial charge is 0.244 e. The Kier molecular flexibility index (Phi) is 5.64. The number of morpholine rings is 1. The van der Waals surface area contributed by atoms with Crippen LogP contribution in [0.1, 0.15) is 6.92 Å². The Morgan fingerprint density at radius 3 is 3.00 bits per heavy atom. The third-order valence-corrected chi connectivity index (χ3v) is 3.48. The molecule has 2 N–H and O–H groups in total. The molecule has 7 nitrogen and oxygen atoms in total. The van der Waals surface area contributed by atoms with Gasteiger partial charge >= 0.3 is 0 Å². The van der Waals surface area contributed by atoms with Crippen LogP contribution in [0.2, 0.25) is 0 Å². The zero-order valence-electron chi connectivity index (χ0n) is 12.4. The van der Waals surface area contributed by atoms with E-state index in [-0.39, 0.29) is 30.1 Å². The molecule has 1 amide bonds. The molecule has 23 heavy (non-hydrogen) atoms. The maximum Gasteiger partial charge on any atom is 0.244 e. The van der Waals surface area contributed by atoms with Crippen molar-refractivity contribution >= 4 is 24.0 Å². The highest BCUT2D eigenvalue weighted by Gasteiger charge is 2.28. The van der Waals surface area contributed by atoms with Crippen LogP contribution < -0.4 is 10.6 Å². The van der Waals surface area contributed by atoms with Gasteiger partial charge < -0.3 is 15.4 Å². The molecule has 2 atom stereocenters. The van der Waals surface area contributed by atoms with Crippen LogP contribution in [0.3, 0.4) is 0 Å². The van der Waals surface area contributed by atoms with E-state index in [0.717, 1.165) is 0 Å². The van der Waals surface area contributed by atoms with E-state index >= 15 is 0 Å². The Labute approximate surface area is 138 Å². The third kappa shape index (κ3) is 3.84. The zero-order valence-corrected chi connectivity index (χ0v) is 13.2. The van der Waals surface area contributed by atoms with Crippen LogP contribution >= 0.6 is 12.4 Å². The summed E-state index contributed by atoms with van der Waals surface area (Å²) in [5, 5.41) is 9.65. The fourth-order valence-electron chi connectivity index (χ4n) is 2.35. The predicted molar refractivity (Wildman–Crippen MR) is 84.4 cm³/mol. The summed E-state index contributed by atoms with van der Waals surface area (Å²) in [5.74, 6) is -0.746. The number of carbonyl (C=O) groups excluding carboxylic acids is 1. The van der Waals surface area contributed by atoms with Gasteiger partial charge in [0.15, 0.2) is 5.82 Å². The predicted octanol–water partition coefficient (Wildman–Crippen LogP) is 1.14. The summed E-state index contributed by atoms with van der Waals surface area (Å²) in [6.45, 7) is 3.01. The molecule has 0 spiro atoms. The van der Waals surface area contributed by atoms with Crippen molar-refractivity contribution < 1.29 is 13.9 Å². The standard InChI is InChI=1S/C14H16FN5O2.ClH/c1-9-13(17-4-5-22-9)14(21)19-10-2-3-12(11(15)6-10)20-8-16-7-18-20;/h2-3,6-9,13,17H,4-5H2,1H3,(H,19,21);1H/t9-,13+;/m1./s1. The van der Waals surface area contributed by atoms with Gasteiger partial charge in [0.1, 0.15) is 24.4 Å². The molecule has 3 rings (SSSR count). The molecule has 1 fully saturated rings. The molecule has 1 aliphatic heterocycles. The van der Waals surface area contributed by atoms with Crippen LogP contribution in [-0.4, -0.2) is 46.0 Å². The number of aromatic nitrogens is 3. The van der Waals surface area contributed by atoms with E-state index in [9.17, 15) is 9.18 Å². The lowest BCUT2D eigenvalue weighted by molar-refractivity contribution is -0.123. The number of hydrogen-bond donors (Lipinski definition) is 2. The number of benzene rings is 1. The molecule has 1 aromatic carbocycles. The molecule has 124 valence electrons. The average Bonchev–Trinajstić information content (AvgIpc) is 3.01. The Morgan fingerprint density at radius 2 is 2.35 bits per heavy atom. The number of hydrogen-bond acceptors (Lipinski definition) is 5. The molecule has 1 aliphatic rings. The lowest BCUT2D eigenvalue weighted by Gasteiger charge is -2.29. The minimum absolute atomic E-state index is 0. The van der Waals surface area contributed by atoms with E-state index in [1.165, 1.54) is 29.5 Å². The van der Waals surface area contributed by atoms with Crippen LogP contribution in [0.25, 0.3) is 5.69 Å². The zero-order chi connectivity index (χ0) is 15.5. The van der Waals surface area contributed by atoms with Gasteiger partial charge in [-0.2, -0.15) is 5.10 Å². The number of nitrogens with one attached hydrogen (secondary N) is 2. The number of amides is 1. The molecule has 0 aliphatic carbocycles. The highest BCUT2D eigenvalue weighted by atomic mass is 35.5. The largest absolute Gasteiger partial charge is 0.375 e. The van der Waals surface area contributed by atoms with Crippen molar-refractivity contribution in [2.24, 2.45) is 0 Å². The van der Waals surface area contributed by atoms with E-state index in [2.05, 4.69) is 20.7 Å². The highest BCUT2D eigenvalue weighted by molar-refractivity contribution is 5.95. The van der Waals surface area contributed by atoms with Crippen molar-refractivity contribution in [3.05, 3.63) is 36.7 Å². The van der Waals surface area contributed by atoms with Crippen molar-refractivity contribution in [2.75, 3.05) is 18.5 Å². The fraction of sp³-hybridized carbons (Fsp3) is 0.357. The monoisotopic (exact) mass is 341 g/mol. The second-order valence-corrected chi connectivity index (χ2v) is 5.00. The normalized spacial score (nSPS) is 20.6. The molecule has 2 aromatic rings. The number of ether oxygens (including phenoxy) is 1. The van der Waals surface area contributed by atoms with E-state index in [0.29, 0.717) is 18.8 Å². The Morgan fingerprint density at radius 1 is 1.52 bits per heavy atom. The SMILES string of the molecule is C[C@H]1OCCN[C@@H]1C(=O)Nc1ccc(-n2cncn2)c(F)c1.Cl. The van der Waals surface area contributed by atoms with Gasteiger partial charge in [-0.05, 0) is 25.1 Å². The van der Waals surface area contributed by atoms with E-state index in [1.807, 2.05) is 6.92 Å². The molecule has 9 heteroatoms. The van der Waals surface area contributed by atoms with Gasteiger partial charge in [-0.1, -0.05) is 0 Å². The first-order chi connectivity index (χ1) is 10.6. The number of halogens is 2. The number of carbonyl (C=O) groups is 1. The molecule has 0 unspecified atom stereocenters. The van der Waals surface area contributed by atoms with Crippen LogP contribution in [0.4, 0.5) is 10.1 Å². The summed E-state index contributed by atoms with van der Waals surface area (Å²) < 4.78 is 20.8. The van der Waals surface area contributed by atoms with Gasteiger partial charge in [0.05, 0.1) is 12.7 Å². The minimum atomic E-state index is -0.496. The molecule has 2 heterocycles. The fourth-order valence-corrected chi connectivity index (χ4v) is 2.35. The van der Waals surface area contributed by atoms with E-state index < -0.39 is 11.9 Å². The minimum Gasteiger partial charge on any atom is -0.375 e. The lowest BCUT2D eigenvalue weighted by Crippen LogP contribution is -2.53. The van der Waals surface area contributed by atoms with Crippen molar-refractivity contribution in [1.29, 1.82) is 0 Å². The maximum absolute atomic E-state index is 14.1. The molecular formula is C14H17ClFN5O2. The topological polar surface area (TPSA) is 81.1 Å². The highest BCUT2D eigenvalue weighted by Crippen LogP contribution is 2.18. The summed E-state index contributed by atoms with van der Waals surface area (Å²) in [5.41, 5.74) is 0.647. The number of nitrogens with zero attached hydrogens (tertiary/aromatic N) is 3. The molecule has 1 saturated heterocycles. The van der Waals surface area contributed by atoms with Crippen molar-refractivity contribution in [3.8, 4) is 5.69 Å². The van der Waals surface area contributed by atoms with Crippen LogP contribution in [-0.2, 0) is 9.53 Å². The first-order valence-corrected chi connectivity index (χ1v) is 6.95. The summed E-state index contributed by atoms with van der Waals surface area (Å²) in [7, 11) is 0. The Balaban J connectivity index is 0.00000192. The van der Waals surface area contributed by atoms with Gasteiger partial charge in [-0.25, -0.2) is 14.1 Å². The van der Waals surface area contributed by atoms with Gasteiger partial charge in [0.25, 0.3) is 0 Å². The first-order valence-electron chi connectivity index (χ1n) is 6.95. The Hall–Kier alpha value is -2.03. The first kappa shape index (κ1) is 17.3. The van der Waals surface area contributed by atoms with Gasteiger partial charge in [0, 0.05) is 12.2 Å². The van der Waals surface area contributed by atoms with Gasteiger partial charge in [0.2, 0.25) is 5.91 Å². The summed E-state index contributed by atoms with van der Waals surface area (Å²) >= 11 is 0. The summed E-state index contributed by atoms with van der Waals surface area (Å²) in [6, 6.07) is 3.95. The molecule has 0 radical (unpaired) electrons. The van der Waals surface area contributed by atoms with Crippen LogP contribution in [0.15, 0.2) is 30.9 Å². The van der Waals surface area contributed by atoms with Crippen LogP contribution in [0.5, 0.6) is 0 Å². The second kappa shape index (κ2) is 7.49. The van der Waals surface area contributed by atoms with E-state index in [1.54, 1.807) is 6.07 Å². The third-order valence-electron chi connectivity index (χ3n) is 3.48. The second-order valence-electron chi connectivity index (χ2n) is 5.00. The Bertz CT molecular complexity index is 667. The quantitative estimate of drug-likeness (QED) is 0.875. The summed E-state index contributed by atoms with van der Waals surface area (Å²) in [6.07, 6.45) is 2.50. The van der Waals surface area contributed by atoms with Crippen LogP contribution in [0, 0.1) is 5.82 Å². The number of rotatable bonds is 3. The van der Waals surface area contributed by atoms with Crippen molar-refractivity contribution in [3.63, 3.8) is 0 Å². The average molecular weight is 342 g/mol. The van der Waals surface area contributed by atoms with Gasteiger partial charge in [-0.15, -0.1) is 12.4 Å². The van der Waals surface area contributed by atoms with E-state index in [4.69, 9.17) is 4.74 Å². The summed E-state index contributed by atoms with van der Waals surface area (Å²) in [4.78, 5) is 16.0. The molecular weight excluding hydrogens is 325 g/mol. The molecule has 0 bridgehead atoms. The molecule has 1 aromatic heterocycles. The van der Waals surface area contributed by atoms with Gasteiger partial charge in [-0.3, -0.25) is 4.79 Å². The maximum atomic E-state index is 14.1. The molecule has 0 saturated carbocycles. The van der Waals surface area contributed by atoms with Crippen molar-refractivity contribution in [2.45, 2.75) is 19.1 Å². The number of anilines is 1.